The first kappa shape index (κ1) is 15.5. The van der Waals surface area contributed by atoms with Crippen LogP contribution in [0.1, 0.15) is 73.1 Å². The van der Waals surface area contributed by atoms with Crippen molar-refractivity contribution in [1.82, 2.24) is 0 Å². The summed E-state index contributed by atoms with van der Waals surface area (Å²) < 4.78 is 0. The normalized spacial score (nSPS) is 28.3. The number of unbranched alkanes of at least 4 members (excludes halogenated alkanes) is 2. The van der Waals surface area contributed by atoms with Gasteiger partial charge >= 0.3 is 0 Å². The van der Waals surface area contributed by atoms with E-state index in [4.69, 9.17) is 0 Å². The lowest BCUT2D eigenvalue weighted by atomic mass is 9.63. The van der Waals surface area contributed by atoms with E-state index in [1.54, 1.807) is 5.57 Å². The first-order valence-electron chi connectivity index (χ1n) is 7.76. The van der Waals surface area contributed by atoms with Gasteiger partial charge in [-0.25, -0.2) is 0 Å². The summed E-state index contributed by atoms with van der Waals surface area (Å²) in [7, 11) is 0. The molecule has 1 aliphatic rings. The Labute approximate surface area is 115 Å². The fourth-order valence-electron chi connectivity index (χ4n) is 3.36. The van der Waals surface area contributed by atoms with Crippen molar-refractivity contribution in [2.75, 3.05) is 0 Å². The topological polar surface area (TPSA) is 0 Å². The summed E-state index contributed by atoms with van der Waals surface area (Å²) in [5.74, 6) is 1.30. The van der Waals surface area contributed by atoms with Gasteiger partial charge in [0.25, 0.3) is 0 Å². The van der Waals surface area contributed by atoms with Gasteiger partial charge in [0.15, 0.2) is 0 Å². The molecule has 18 heavy (non-hydrogen) atoms. The molecule has 0 fully saturated rings. The Hall–Kier alpha value is -0.520. The van der Waals surface area contributed by atoms with Crippen LogP contribution in [-0.2, 0) is 0 Å². The molecule has 1 aliphatic carbocycles. The zero-order valence-corrected chi connectivity index (χ0v) is 13.2. The summed E-state index contributed by atoms with van der Waals surface area (Å²) in [4.78, 5) is 0. The Bertz CT molecular complexity index is 308. The maximum atomic E-state index is 4.25. The highest BCUT2D eigenvalue weighted by Gasteiger charge is 2.36. The Morgan fingerprint density at radius 2 is 2.11 bits per heavy atom. The van der Waals surface area contributed by atoms with Gasteiger partial charge in [-0.05, 0) is 37.5 Å². The van der Waals surface area contributed by atoms with Crippen LogP contribution >= 0.6 is 0 Å². The molecule has 2 atom stereocenters. The Balaban J connectivity index is 2.82. The highest BCUT2D eigenvalue weighted by atomic mass is 14.4. The fraction of sp³-hybridized carbons (Fsp3) is 0.778. The van der Waals surface area contributed by atoms with Gasteiger partial charge in [-0.15, -0.1) is 0 Å². The zero-order chi connectivity index (χ0) is 13.8. The van der Waals surface area contributed by atoms with Crippen molar-refractivity contribution in [3.05, 3.63) is 23.8 Å². The molecule has 0 radical (unpaired) electrons. The maximum Gasteiger partial charge on any atom is 0.00280 e. The lowest BCUT2D eigenvalue weighted by Gasteiger charge is -2.42. The second kappa shape index (κ2) is 6.59. The molecule has 0 spiro atoms. The summed E-state index contributed by atoms with van der Waals surface area (Å²) in [6.07, 6.45) is 10.6. The molecule has 0 bridgehead atoms. The van der Waals surface area contributed by atoms with Crippen LogP contribution in [0.2, 0.25) is 0 Å². The second-order valence-electron chi connectivity index (χ2n) is 6.83. The number of hydrogen-bond donors (Lipinski definition) is 0. The number of rotatable bonds is 6. The maximum absolute atomic E-state index is 4.25. The molecule has 0 N–H and O–H groups in total. The van der Waals surface area contributed by atoms with Crippen LogP contribution in [0.3, 0.4) is 0 Å². The van der Waals surface area contributed by atoms with Gasteiger partial charge in [-0.3, -0.25) is 0 Å². The van der Waals surface area contributed by atoms with Gasteiger partial charge in [-0.2, -0.15) is 0 Å². The predicted octanol–water partition coefficient (Wildman–Crippen LogP) is 6.14. The molecule has 0 amide bonds. The van der Waals surface area contributed by atoms with Crippen LogP contribution < -0.4 is 0 Å². The fourth-order valence-corrected chi connectivity index (χ4v) is 3.36. The average molecular weight is 248 g/mol. The Morgan fingerprint density at radius 3 is 2.61 bits per heavy atom. The predicted molar refractivity (Wildman–Crippen MR) is 82.7 cm³/mol. The number of hydrogen-bond acceptors (Lipinski definition) is 0. The summed E-state index contributed by atoms with van der Waals surface area (Å²) in [6.45, 7) is 15.9. The monoisotopic (exact) mass is 248 g/mol. The Morgan fingerprint density at radius 1 is 1.44 bits per heavy atom. The van der Waals surface area contributed by atoms with E-state index in [0.717, 1.165) is 0 Å². The molecule has 0 saturated carbocycles. The standard InChI is InChI=1S/C18H32/c1-7-8-9-11-18(6)12-10-16(14(2)3)13-17(18)15(4)5/h13-14,17H,4,7-12H2,1-3,5-6H3. The largest absolute Gasteiger partial charge is 0.0995 e. The van der Waals surface area contributed by atoms with E-state index in [-0.39, 0.29) is 0 Å². The molecule has 0 aromatic heterocycles. The first-order valence-corrected chi connectivity index (χ1v) is 7.76. The molecule has 1 rings (SSSR count). The highest BCUT2D eigenvalue weighted by Crippen LogP contribution is 2.47. The summed E-state index contributed by atoms with van der Waals surface area (Å²) in [6, 6.07) is 0. The first-order chi connectivity index (χ1) is 8.40. The second-order valence-corrected chi connectivity index (χ2v) is 6.83. The van der Waals surface area contributed by atoms with Gasteiger partial charge in [0.05, 0.1) is 0 Å². The molecule has 0 nitrogen and oxygen atoms in total. The molecule has 0 heterocycles. The highest BCUT2D eigenvalue weighted by molar-refractivity contribution is 5.22. The van der Waals surface area contributed by atoms with Gasteiger partial charge in [-0.1, -0.05) is 70.8 Å². The summed E-state index contributed by atoms with van der Waals surface area (Å²) >= 11 is 0. The van der Waals surface area contributed by atoms with Crippen LogP contribution in [0, 0.1) is 17.3 Å². The van der Waals surface area contributed by atoms with Crippen molar-refractivity contribution in [1.29, 1.82) is 0 Å². The van der Waals surface area contributed by atoms with Crippen LogP contribution in [-0.4, -0.2) is 0 Å². The van der Waals surface area contributed by atoms with Crippen molar-refractivity contribution in [3.8, 4) is 0 Å². The molecule has 0 heteroatoms. The van der Waals surface area contributed by atoms with E-state index in [1.165, 1.54) is 44.1 Å². The van der Waals surface area contributed by atoms with Crippen LogP contribution in [0.15, 0.2) is 23.8 Å². The third-order valence-electron chi connectivity index (χ3n) is 4.74. The zero-order valence-electron chi connectivity index (χ0n) is 13.2. The van der Waals surface area contributed by atoms with Gasteiger partial charge in [0, 0.05) is 5.92 Å². The molecule has 0 aromatic carbocycles. The van der Waals surface area contributed by atoms with Gasteiger partial charge in [0.1, 0.15) is 0 Å². The molecule has 0 aliphatic heterocycles. The van der Waals surface area contributed by atoms with Gasteiger partial charge < -0.3 is 0 Å². The van der Waals surface area contributed by atoms with E-state index >= 15 is 0 Å². The van der Waals surface area contributed by atoms with E-state index in [2.05, 4.69) is 47.3 Å². The smallest absolute Gasteiger partial charge is 0.00280 e. The third kappa shape index (κ3) is 3.73. The minimum absolute atomic E-state index is 0.458. The SMILES string of the molecule is C=C(C)C1C=C(C(C)C)CCC1(C)CCCCC. The van der Waals surface area contributed by atoms with E-state index in [9.17, 15) is 0 Å². The van der Waals surface area contributed by atoms with Gasteiger partial charge in [0.2, 0.25) is 0 Å². The van der Waals surface area contributed by atoms with Crippen molar-refractivity contribution in [2.45, 2.75) is 73.1 Å². The lowest BCUT2D eigenvalue weighted by Crippen LogP contribution is -2.31. The van der Waals surface area contributed by atoms with E-state index in [1.807, 2.05) is 0 Å². The van der Waals surface area contributed by atoms with Crippen molar-refractivity contribution < 1.29 is 0 Å². The molecule has 104 valence electrons. The quantitative estimate of drug-likeness (QED) is 0.391. The van der Waals surface area contributed by atoms with E-state index in [0.29, 0.717) is 17.3 Å². The molecule has 2 unspecified atom stereocenters. The summed E-state index contributed by atoms with van der Waals surface area (Å²) in [5.41, 5.74) is 3.46. The minimum Gasteiger partial charge on any atom is -0.0995 e. The third-order valence-corrected chi connectivity index (χ3v) is 4.74. The Kier molecular flexibility index (Phi) is 5.69. The molecule has 0 aromatic rings. The molecular weight excluding hydrogens is 216 g/mol. The lowest BCUT2D eigenvalue weighted by molar-refractivity contribution is 0.192. The minimum atomic E-state index is 0.458. The summed E-state index contributed by atoms with van der Waals surface area (Å²) in [5, 5.41) is 0. The molecular formula is C18H32. The van der Waals surface area contributed by atoms with Crippen molar-refractivity contribution in [2.24, 2.45) is 17.3 Å². The van der Waals surface area contributed by atoms with Crippen LogP contribution in [0.4, 0.5) is 0 Å². The van der Waals surface area contributed by atoms with E-state index < -0.39 is 0 Å². The average Bonchev–Trinajstić information content (AvgIpc) is 2.29. The van der Waals surface area contributed by atoms with Crippen LogP contribution in [0.5, 0.6) is 0 Å². The van der Waals surface area contributed by atoms with Crippen molar-refractivity contribution in [3.63, 3.8) is 0 Å². The number of allylic oxidation sites excluding steroid dienone is 3. The van der Waals surface area contributed by atoms with Crippen molar-refractivity contribution >= 4 is 0 Å². The molecule has 0 saturated heterocycles. The van der Waals surface area contributed by atoms with Crippen LogP contribution in [0.25, 0.3) is 0 Å².